The maximum atomic E-state index is 12.6. The molecule has 3 aromatic heterocycles. The van der Waals surface area contributed by atoms with E-state index in [0.29, 0.717) is 37.0 Å². The van der Waals surface area contributed by atoms with Gasteiger partial charge in [-0.2, -0.15) is 5.10 Å². The number of hydrogen-bond donors (Lipinski definition) is 1. The van der Waals surface area contributed by atoms with Gasteiger partial charge in [-0.25, -0.2) is 14.6 Å². The van der Waals surface area contributed by atoms with Crippen LogP contribution in [0.2, 0.25) is 0 Å². The van der Waals surface area contributed by atoms with Crippen LogP contribution in [0.25, 0.3) is 16.7 Å². The topological polar surface area (TPSA) is 90.1 Å². The summed E-state index contributed by atoms with van der Waals surface area (Å²) in [6.45, 7) is 3.93. The van der Waals surface area contributed by atoms with Crippen LogP contribution in [-0.4, -0.2) is 69.3 Å². The van der Waals surface area contributed by atoms with Crippen molar-refractivity contribution < 1.29 is 9.53 Å². The Balaban J connectivity index is 1.27. The maximum absolute atomic E-state index is 12.6. The van der Waals surface area contributed by atoms with Crippen LogP contribution in [0, 0.1) is 0 Å². The highest BCUT2D eigenvalue weighted by atomic mass is 32.2. The second-order valence-corrected chi connectivity index (χ2v) is 8.40. The maximum Gasteiger partial charge on any atom is 0.251 e. The number of amides is 1. The fourth-order valence-corrected chi connectivity index (χ4v) is 4.22. The summed E-state index contributed by atoms with van der Waals surface area (Å²) < 4.78 is 9.31. The Hall–Kier alpha value is -3.37. The summed E-state index contributed by atoms with van der Waals surface area (Å²) in [6.07, 6.45) is 7.72. The molecule has 0 bridgehead atoms. The van der Waals surface area contributed by atoms with E-state index in [1.165, 1.54) is 11.8 Å². The number of benzene rings is 1. The molecule has 1 N–H and O–H groups in total. The minimum absolute atomic E-state index is 0.112. The van der Waals surface area contributed by atoms with Gasteiger partial charge >= 0.3 is 0 Å². The number of nitrogens with zero attached hydrogens (tertiary/aromatic N) is 6. The lowest BCUT2D eigenvalue weighted by atomic mass is 10.2. The number of aromatic nitrogens is 5. The van der Waals surface area contributed by atoms with Crippen molar-refractivity contribution in [3.8, 4) is 5.69 Å². The largest absolute Gasteiger partial charge is 0.378 e. The van der Waals surface area contributed by atoms with Gasteiger partial charge in [-0.3, -0.25) is 4.79 Å². The Labute approximate surface area is 195 Å². The molecule has 4 aromatic rings. The third-order valence-corrected chi connectivity index (χ3v) is 6.14. The van der Waals surface area contributed by atoms with Crippen molar-refractivity contribution >= 4 is 34.5 Å². The SMILES string of the molecule is CSc1nc(N2CCOCC2)c2cnn(CCNC(=O)c3ccc(-n4cccc4)cc3)c2n1. The molecule has 1 aliphatic heterocycles. The van der Waals surface area contributed by atoms with Crippen LogP contribution in [0.3, 0.4) is 0 Å². The number of carbonyl (C=O) groups is 1. The highest BCUT2D eigenvalue weighted by molar-refractivity contribution is 7.98. The van der Waals surface area contributed by atoms with E-state index in [2.05, 4.69) is 20.3 Å². The number of hydrogen-bond acceptors (Lipinski definition) is 7. The summed E-state index contributed by atoms with van der Waals surface area (Å²) in [5.41, 5.74) is 2.42. The lowest BCUT2D eigenvalue weighted by Crippen LogP contribution is -2.37. The van der Waals surface area contributed by atoms with Crippen LogP contribution in [0.15, 0.2) is 60.1 Å². The summed E-state index contributed by atoms with van der Waals surface area (Å²) in [5, 5.41) is 9.13. The van der Waals surface area contributed by atoms with E-state index in [9.17, 15) is 4.79 Å². The number of nitrogens with one attached hydrogen (secondary N) is 1. The van der Waals surface area contributed by atoms with Crippen molar-refractivity contribution in [2.75, 3.05) is 44.0 Å². The number of morpholine rings is 1. The predicted molar refractivity (Wildman–Crippen MR) is 128 cm³/mol. The van der Waals surface area contributed by atoms with E-state index < -0.39 is 0 Å². The second kappa shape index (κ2) is 9.63. The molecular formula is C23H25N7O2S. The Morgan fingerprint density at radius 3 is 2.61 bits per heavy atom. The first-order chi connectivity index (χ1) is 16.2. The lowest BCUT2D eigenvalue weighted by molar-refractivity contribution is 0.0952. The third kappa shape index (κ3) is 4.57. The van der Waals surface area contributed by atoms with E-state index in [-0.39, 0.29) is 5.91 Å². The van der Waals surface area contributed by atoms with Gasteiger partial charge in [0, 0.05) is 43.3 Å². The molecule has 10 heteroatoms. The average Bonchev–Trinajstić information content (AvgIpc) is 3.55. The Morgan fingerprint density at radius 2 is 1.88 bits per heavy atom. The highest BCUT2D eigenvalue weighted by Crippen LogP contribution is 2.27. The van der Waals surface area contributed by atoms with Gasteiger partial charge in [0.1, 0.15) is 5.82 Å². The lowest BCUT2D eigenvalue weighted by Gasteiger charge is -2.28. The van der Waals surface area contributed by atoms with Crippen LogP contribution < -0.4 is 10.2 Å². The monoisotopic (exact) mass is 463 g/mol. The number of ether oxygens (including phenoxy) is 1. The molecule has 0 aliphatic carbocycles. The molecule has 1 aromatic carbocycles. The van der Waals surface area contributed by atoms with E-state index in [1.807, 2.05) is 70.5 Å². The molecule has 1 saturated heterocycles. The van der Waals surface area contributed by atoms with Crippen molar-refractivity contribution in [1.29, 1.82) is 0 Å². The summed E-state index contributed by atoms with van der Waals surface area (Å²) >= 11 is 1.51. The highest BCUT2D eigenvalue weighted by Gasteiger charge is 2.20. The average molecular weight is 464 g/mol. The fraction of sp³-hybridized carbons (Fsp3) is 0.304. The van der Waals surface area contributed by atoms with Gasteiger partial charge in [-0.1, -0.05) is 11.8 Å². The van der Waals surface area contributed by atoms with Gasteiger partial charge < -0.3 is 19.5 Å². The van der Waals surface area contributed by atoms with E-state index in [1.54, 1.807) is 0 Å². The minimum Gasteiger partial charge on any atom is -0.378 e. The molecule has 9 nitrogen and oxygen atoms in total. The molecule has 170 valence electrons. The van der Waals surface area contributed by atoms with Crippen LogP contribution in [0.4, 0.5) is 5.82 Å². The molecule has 1 aliphatic rings. The van der Waals surface area contributed by atoms with Crippen molar-refractivity contribution in [2.45, 2.75) is 11.7 Å². The van der Waals surface area contributed by atoms with Crippen molar-refractivity contribution in [3.63, 3.8) is 0 Å². The van der Waals surface area contributed by atoms with Crippen molar-refractivity contribution in [3.05, 3.63) is 60.6 Å². The minimum atomic E-state index is -0.112. The smallest absolute Gasteiger partial charge is 0.251 e. The Bertz CT molecular complexity index is 1230. The van der Waals surface area contributed by atoms with Crippen LogP contribution in [0.1, 0.15) is 10.4 Å². The van der Waals surface area contributed by atoms with Crippen LogP contribution in [-0.2, 0) is 11.3 Å². The van der Waals surface area contributed by atoms with Crippen LogP contribution in [0.5, 0.6) is 0 Å². The zero-order chi connectivity index (χ0) is 22.6. The molecule has 33 heavy (non-hydrogen) atoms. The van der Waals surface area contributed by atoms with Gasteiger partial charge in [0.15, 0.2) is 10.8 Å². The number of fused-ring (bicyclic) bond motifs is 1. The summed E-state index contributed by atoms with van der Waals surface area (Å²) in [5.74, 6) is 0.782. The predicted octanol–water partition coefficient (Wildman–Crippen LogP) is 2.61. The van der Waals surface area contributed by atoms with E-state index >= 15 is 0 Å². The molecule has 1 amide bonds. The molecule has 0 radical (unpaired) electrons. The third-order valence-electron chi connectivity index (χ3n) is 5.59. The van der Waals surface area contributed by atoms with E-state index in [4.69, 9.17) is 9.72 Å². The summed E-state index contributed by atoms with van der Waals surface area (Å²) in [7, 11) is 0. The van der Waals surface area contributed by atoms with Crippen molar-refractivity contribution in [1.82, 2.24) is 29.6 Å². The number of thioether (sulfide) groups is 1. The van der Waals surface area contributed by atoms with Gasteiger partial charge in [-0.15, -0.1) is 0 Å². The van der Waals surface area contributed by atoms with Gasteiger partial charge in [-0.05, 0) is 42.7 Å². The molecule has 0 spiro atoms. The molecule has 0 atom stereocenters. The molecule has 1 fully saturated rings. The first-order valence-electron chi connectivity index (χ1n) is 10.8. The first-order valence-corrected chi connectivity index (χ1v) is 12.1. The molecule has 4 heterocycles. The molecular weight excluding hydrogens is 438 g/mol. The number of carbonyl (C=O) groups excluding carboxylic acids is 1. The quantitative estimate of drug-likeness (QED) is 0.333. The Kier molecular flexibility index (Phi) is 6.27. The fourth-order valence-electron chi connectivity index (χ4n) is 3.86. The summed E-state index contributed by atoms with van der Waals surface area (Å²) in [6, 6.07) is 11.5. The number of anilines is 1. The molecule has 0 unspecified atom stereocenters. The molecule has 0 saturated carbocycles. The Morgan fingerprint density at radius 1 is 1.12 bits per heavy atom. The second-order valence-electron chi connectivity index (χ2n) is 7.63. The van der Waals surface area contributed by atoms with E-state index in [0.717, 1.165) is 35.6 Å². The van der Waals surface area contributed by atoms with Gasteiger partial charge in [0.2, 0.25) is 0 Å². The van der Waals surface area contributed by atoms with Gasteiger partial charge in [0.25, 0.3) is 5.91 Å². The first kappa shape index (κ1) is 21.5. The summed E-state index contributed by atoms with van der Waals surface area (Å²) in [4.78, 5) is 24.2. The zero-order valence-electron chi connectivity index (χ0n) is 18.3. The number of rotatable bonds is 7. The van der Waals surface area contributed by atoms with Gasteiger partial charge in [0.05, 0.1) is 31.3 Å². The zero-order valence-corrected chi connectivity index (χ0v) is 19.2. The van der Waals surface area contributed by atoms with Crippen LogP contribution >= 0.6 is 11.8 Å². The molecule has 5 rings (SSSR count). The van der Waals surface area contributed by atoms with Crippen molar-refractivity contribution in [2.24, 2.45) is 0 Å². The standard InChI is InChI=1S/C23H25N7O2S/c1-33-23-26-20(29-12-14-32-15-13-29)19-16-25-30(21(19)27-23)11-8-24-22(31)17-4-6-18(7-5-17)28-9-2-3-10-28/h2-7,9-10,16H,8,11-15H2,1H3,(H,24,31). The normalized spacial score (nSPS) is 14.0.